The highest BCUT2D eigenvalue weighted by Gasteiger charge is 2.28. The predicted octanol–water partition coefficient (Wildman–Crippen LogP) is 2.30. The Bertz CT molecular complexity index is 398. The van der Waals surface area contributed by atoms with Gasteiger partial charge in [0.25, 0.3) is 5.91 Å². The van der Waals surface area contributed by atoms with E-state index in [1.165, 1.54) is 7.11 Å². The van der Waals surface area contributed by atoms with Crippen LogP contribution in [-0.2, 0) is 9.53 Å². The molecule has 0 saturated heterocycles. The quantitative estimate of drug-likeness (QED) is 0.873. The first kappa shape index (κ1) is 14.5. The molecule has 0 heterocycles. The highest BCUT2D eigenvalue weighted by Crippen LogP contribution is 2.18. The molecule has 0 aliphatic carbocycles. The summed E-state index contributed by atoms with van der Waals surface area (Å²) in [4.78, 5) is 11.9. The zero-order valence-electron chi connectivity index (χ0n) is 11.6. The number of methoxy groups -OCH3 is 2. The smallest absolute Gasteiger partial charge is 0.252 e. The minimum Gasteiger partial charge on any atom is -0.497 e. The second-order valence-electron chi connectivity index (χ2n) is 4.68. The molecule has 0 aromatic heterocycles. The summed E-state index contributed by atoms with van der Waals surface area (Å²) in [7, 11) is 3.15. The van der Waals surface area contributed by atoms with Gasteiger partial charge in [-0.1, -0.05) is 12.1 Å². The van der Waals surface area contributed by atoms with Gasteiger partial charge < -0.3 is 14.8 Å². The van der Waals surface area contributed by atoms with Gasteiger partial charge in [-0.05, 0) is 38.5 Å². The number of hydrogen-bond donors (Lipinski definition) is 1. The Balaban J connectivity index is 2.70. The fourth-order valence-electron chi connectivity index (χ4n) is 1.44. The minimum atomic E-state index is -0.819. The van der Waals surface area contributed by atoms with Gasteiger partial charge in [0, 0.05) is 7.11 Å². The standard InChI is InChI=1S/C14H21NO3/c1-10(15-13(16)14(2,3)18-5)11-6-8-12(17-4)9-7-11/h6-10H,1-5H3,(H,15,16)/t10-/m0/s1. The van der Waals surface area contributed by atoms with Gasteiger partial charge in [-0.25, -0.2) is 0 Å². The zero-order valence-corrected chi connectivity index (χ0v) is 11.6. The van der Waals surface area contributed by atoms with Crippen molar-refractivity contribution in [2.75, 3.05) is 14.2 Å². The summed E-state index contributed by atoms with van der Waals surface area (Å²) in [6.45, 7) is 5.41. The van der Waals surface area contributed by atoms with E-state index in [1.807, 2.05) is 31.2 Å². The summed E-state index contributed by atoms with van der Waals surface area (Å²) in [5.41, 5.74) is 0.205. The molecule has 100 valence electrons. The SMILES string of the molecule is COc1ccc([C@H](C)NC(=O)C(C)(C)OC)cc1. The molecule has 0 fully saturated rings. The number of hydrogen-bond acceptors (Lipinski definition) is 3. The first-order valence-electron chi connectivity index (χ1n) is 5.90. The summed E-state index contributed by atoms with van der Waals surface area (Å²) < 4.78 is 10.2. The van der Waals surface area contributed by atoms with Gasteiger partial charge in [-0.3, -0.25) is 4.79 Å². The average Bonchev–Trinajstić information content (AvgIpc) is 2.38. The Morgan fingerprint density at radius 3 is 2.22 bits per heavy atom. The molecule has 0 aliphatic heterocycles. The van der Waals surface area contributed by atoms with Crippen LogP contribution in [0.25, 0.3) is 0 Å². The van der Waals surface area contributed by atoms with E-state index in [1.54, 1.807) is 21.0 Å². The summed E-state index contributed by atoms with van der Waals surface area (Å²) >= 11 is 0. The molecule has 0 spiro atoms. The average molecular weight is 251 g/mol. The van der Waals surface area contributed by atoms with Gasteiger partial charge in [0.15, 0.2) is 0 Å². The summed E-state index contributed by atoms with van der Waals surface area (Å²) in [5, 5.41) is 2.92. The molecule has 18 heavy (non-hydrogen) atoms. The number of rotatable bonds is 5. The van der Waals surface area contributed by atoms with Crippen LogP contribution < -0.4 is 10.1 Å². The molecule has 0 saturated carbocycles. The molecule has 0 aliphatic rings. The molecule has 4 heteroatoms. The number of benzene rings is 1. The lowest BCUT2D eigenvalue weighted by molar-refractivity contribution is -0.140. The third kappa shape index (κ3) is 3.47. The number of carbonyl (C=O) groups is 1. The van der Waals surface area contributed by atoms with Crippen molar-refractivity contribution in [1.29, 1.82) is 0 Å². The third-order valence-electron chi connectivity index (χ3n) is 3.02. The lowest BCUT2D eigenvalue weighted by Crippen LogP contribution is -2.44. The molecule has 1 rings (SSSR count). The molecule has 0 bridgehead atoms. The lowest BCUT2D eigenvalue weighted by atomic mass is 10.1. The van der Waals surface area contributed by atoms with Crippen LogP contribution in [0.5, 0.6) is 5.75 Å². The molecule has 1 atom stereocenters. The molecule has 1 aromatic rings. The third-order valence-corrected chi connectivity index (χ3v) is 3.02. The van der Waals surface area contributed by atoms with E-state index in [-0.39, 0.29) is 11.9 Å². The fraction of sp³-hybridized carbons (Fsp3) is 0.500. The predicted molar refractivity (Wildman–Crippen MR) is 70.6 cm³/mol. The van der Waals surface area contributed by atoms with Crippen LogP contribution >= 0.6 is 0 Å². The van der Waals surface area contributed by atoms with Gasteiger partial charge in [0.05, 0.1) is 13.2 Å². The Kier molecular flexibility index (Phi) is 4.73. The fourth-order valence-corrected chi connectivity index (χ4v) is 1.44. The van der Waals surface area contributed by atoms with Crippen molar-refractivity contribution in [3.63, 3.8) is 0 Å². The molecule has 1 aromatic carbocycles. The summed E-state index contributed by atoms with van der Waals surface area (Å²) in [6.07, 6.45) is 0. The second-order valence-corrected chi connectivity index (χ2v) is 4.68. The van der Waals surface area contributed by atoms with Crippen LogP contribution in [-0.4, -0.2) is 25.7 Å². The van der Waals surface area contributed by atoms with Gasteiger partial charge >= 0.3 is 0 Å². The van der Waals surface area contributed by atoms with E-state index in [9.17, 15) is 4.79 Å². The van der Waals surface area contributed by atoms with Gasteiger partial charge in [0.1, 0.15) is 11.4 Å². The van der Waals surface area contributed by atoms with E-state index in [0.29, 0.717) is 0 Å². The molecular weight excluding hydrogens is 230 g/mol. The number of nitrogens with one attached hydrogen (secondary N) is 1. The lowest BCUT2D eigenvalue weighted by Gasteiger charge is -2.24. The first-order chi connectivity index (χ1) is 8.40. The van der Waals surface area contributed by atoms with Crippen molar-refractivity contribution in [1.82, 2.24) is 5.32 Å². The van der Waals surface area contributed by atoms with Crippen molar-refractivity contribution in [2.24, 2.45) is 0 Å². The largest absolute Gasteiger partial charge is 0.497 e. The van der Waals surface area contributed by atoms with E-state index >= 15 is 0 Å². The summed E-state index contributed by atoms with van der Waals surface area (Å²) in [6, 6.07) is 7.55. The highest BCUT2D eigenvalue weighted by molar-refractivity contribution is 5.84. The molecule has 4 nitrogen and oxygen atoms in total. The number of carbonyl (C=O) groups excluding carboxylic acids is 1. The Morgan fingerprint density at radius 1 is 1.22 bits per heavy atom. The van der Waals surface area contributed by atoms with Crippen molar-refractivity contribution in [2.45, 2.75) is 32.4 Å². The van der Waals surface area contributed by atoms with E-state index in [4.69, 9.17) is 9.47 Å². The summed E-state index contributed by atoms with van der Waals surface area (Å²) in [5.74, 6) is 0.669. The van der Waals surface area contributed by atoms with Gasteiger partial charge in [-0.2, -0.15) is 0 Å². The Morgan fingerprint density at radius 2 is 1.78 bits per heavy atom. The maximum absolute atomic E-state index is 11.9. The van der Waals surface area contributed by atoms with E-state index in [0.717, 1.165) is 11.3 Å². The maximum Gasteiger partial charge on any atom is 0.252 e. The van der Waals surface area contributed by atoms with Crippen LogP contribution in [0.2, 0.25) is 0 Å². The van der Waals surface area contributed by atoms with Crippen molar-refractivity contribution in [3.8, 4) is 5.75 Å². The van der Waals surface area contributed by atoms with Crippen LogP contribution in [0.15, 0.2) is 24.3 Å². The zero-order chi connectivity index (χ0) is 13.8. The molecule has 0 unspecified atom stereocenters. The maximum atomic E-state index is 11.9. The van der Waals surface area contributed by atoms with Crippen LogP contribution in [0.4, 0.5) is 0 Å². The molecular formula is C14H21NO3. The molecule has 1 amide bonds. The van der Waals surface area contributed by atoms with Crippen LogP contribution in [0.3, 0.4) is 0 Å². The van der Waals surface area contributed by atoms with E-state index < -0.39 is 5.60 Å². The van der Waals surface area contributed by atoms with Crippen molar-refractivity contribution >= 4 is 5.91 Å². The van der Waals surface area contributed by atoms with Gasteiger partial charge in [0.2, 0.25) is 0 Å². The van der Waals surface area contributed by atoms with Crippen molar-refractivity contribution < 1.29 is 14.3 Å². The van der Waals surface area contributed by atoms with Gasteiger partial charge in [-0.15, -0.1) is 0 Å². The number of amides is 1. The highest BCUT2D eigenvalue weighted by atomic mass is 16.5. The molecule has 1 N–H and O–H groups in total. The van der Waals surface area contributed by atoms with Crippen molar-refractivity contribution in [3.05, 3.63) is 29.8 Å². The molecule has 0 radical (unpaired) electrons. The minimum absolute atomic E-state index is 0.0715. The monoisotopic (exact) mass is 251 g/mol. The first-order valence-corrected chi connectivity index (χ1v) is 5.90. The Hall–Kier alpha value is -1.55. The Labute approximate surface area is 108 Å². The van der Waals surface area contributed by atoms with Crippen LogP contribution in [0, 0.1) is 0 Å². The number of ether oxygens (including phenoxy) is 2. The van der Waals surface area contributed by atoms with Crippen LogP contribution in [0.1, 0.15) is 32.4 Å². The topological polar surface area (TPSA) is 47.6 Å². The van der Waals surface area contributed by atoms with E-state index in [2.05, 4.69) is 5.32 Å². The normalized spacial score (nSPS) is 12.9. The second kappa shape index (κ2) is 5.87.